The molecule has 2 aromatic rings. The Morgan fingerprint density at radius 3 is 2.91 bits per heavy atom. The van der Waals surface area contributed by atoms with E-state index in [0.29, 0.717) is 6.04 Å². The van der Waals surface area contributed by atoms with E-state index in [-0.39, 0.29) is 0 Å². The third-order valence-electron chi connectivity index (χ3n) is 4.08. The molecule has 118 valence electrons. The molecule has 0 N–H and O–H groups in total. The van der Waals surface area contributed by atoms with Gasteiger partial charge in [-0.05, 0) is 49.5 Å². The second-order valence-corrected chi connectivity index (χ2v) is 7.15. The highest BCUT2D eigenvalue weighted by atomic mass is 32.1. The number of benzene rings is 1. The molecule has 1 atom stereocenters. The molecular weight excluding hydrogens is 292 g/mol. The Labute approximate surface area is 137 Å². The van der Waals surface area contributed by atoms with Crippen LogP contribution in [0.4, 0.5) is 0 Å². The highest BCUT2D eigenvalue weighted by Gasteiger charge is 2.25. The minimum absolute atomic E-state index is 0.405. The fraction of sp³-hybridized carbons (Fsp3) is 0.444. The molecule has 22 heavy (non-hydrogen) atoms. The fourth-order valence-electron chi connectivity index (χ4n) is 3.00. The smallest absolute Gasteiger partial charge is 0.123 e. The van der Waals surface area contributed by atoms with Gasteiger partial charge in [-0.3, -0.25) is 4.90 Å². The minimum Gasteiger partial charge on any atom is -0.492 e. The molecule has 2 heterocycles. The maximum Gasteiger partial charge on any atom is 0.123 e. The van der Waals surface area contributed by atoms with Gasteiger partial charge in [-0.25, -0.2) is 0 Å². The van der Waals surface area contributed by atoms with Crippen molar-refractivity contribution in [3.05, 3.63) is 51.7 Å². The lowest BCUT2D eigenvalue weighted by atomic mass is 10.1. The van der Waals surface area contributed by atoms with E-state index in [1.54, 1.807) is 11.3 Å². The quantitative estimate of drug-likeness (QED) is 0.860. The zero-order chi connectivity index (χ0) is 15.5. The first-order valence-corrected chi connectivity index (χ1v) is 8.68. The van der Waals surface area contributed by atoms with Crippen molar-refractivity contribution in [3.8, 4) is 5.75 Å². The third kappa shape index (κ3) is 3.69. The molecule has 0 saturated carbocycles. The van der Waals surface area contributed by atoms with Crippen LogP contribution < -0.4 is 4.74 Å². The van der Waals surface area contributed by atoms with Gasteiger partial charge in [-0.2, -0.15) is 11.3 Å². The molecule has 0 saturated heterocycles. The first-order chi connectivity index (χ1) is 10.6. The first kappa shape index (κ1) is 15.5. The molecule has 1 aromatic heterocycles. The number of fused-ring (bicyclic) bond motifs is 1. The van der Waals surface area contributed by atoms with Gasteiger partial charge in [-0.1, -0.05) is 17.7 Å². The van der Waals surface area contributed by atoms with Crippen LogP contribution in [0.15, 0.2) is 35.0 Å². The Morgan fingerprint density at radius 1 is 1.32 bits per heavy atom. The van der Waals surface area contributed by atoms with Gasteiger partial charge in [-0.15, -0.1) is 0 Å². The predicted molar refractivity (Wildman–Crippen MR) is 92.6 cm³/mol. The third-order valence-corrected chi connectivity index (χ3v) is 4.81. The molecule has 0 unspecified atom stereocenters. The zero-order valence-electron chi connectivity index (χ0n) is 13.6. The Balaban J connectivity index is 1.85. The number of rotatable bonds is 4. The van der Waals surface area contributed by atoms with Gasteiger partial charge in [0.05, 0.1) is 6.04 Å². The molecule has 4 heteroatoms. The van der Waals surface area contributed by atoms with Crippen LogP contribution in [0.5, 0.6) is 5.75 Å². The Kier molecular flexibility index (Phi) is 4.81. The summed E-state index contributed by atoms with van der Waals surface area (Å²) in [6, 6.07) is 9.14. The Bertz CT molecular complexity index is 610. The van der Waals surface area contributed by atoms with Gasteiger partial charge in [0.1, 0.15) is 12.4 Å². The van der Waals surface area contributed by atoms with Crippen molar-refractivity contribution in [1.82, 2.24) is 9.80 Å². The number of hydrogen-bond acceptors (Lipinski definition) is 4. The van der Waals surface area contributed by atoms with Crippen LogP contribution in [-0.2, 0) is 13.1 Å². The number of likely N-dealkylation sites (N-methyl/N-ethyl adjacent to an activating group) is 1. The maximum absolute atomic E-state index is 6.10. The molecule has 0 spiro atoms. The van der Waals surface area contributed by atoms with Crippen molar-refractivity contribution in [2.24, 2.45) is 0 Å². The highest BCUT2D eigenvalue weighted by molar-refractivity contribution is 7.07. The largest absolute Gasteiger partial charge is 0.492 e. The van der Waals surface area contributed by atoms with E-state index in [1.807, 2.05) is 0 Å². The number of aryl methyl sites for hydroxylation is 1. The molecular formula is C18H24N2OS. The topological polar surface area (TPSA) is 15.7 Å². The van der Waals surface area contributed by atoms with Crippen LogP contribution >= 0.6 is 11.3 Å². The van der Waals surface area contributed by atoms with Crippen LogP contribution in [0.3, 0.4) is 0 Å². The minimum atomic E-state index is 0.405. The fourth-order valence-corrected chi connectivity index (χ4v) is 3.66. The molecule has 0 bridgehead atoms. The number of nitrogens with zero attached hydrogens (tertiary/aromatic N) is 2. The summed E-state index contributed by atoms with van der Waals surface area (Å²) >= 11 is 1.77. The molecule has 3 nitrogen and oxygen atoms in total. The highest BCUT2D eigenvalue weighted by Crippen LogP contribution is 2.27. The van der Waals surface area contributed by atoms with Crippen molar-refractivity contribution in [2.75, 3.05) is 27.2 Å². The van der Waals surface area contributed by atoms with Gasteiger partial charge in [0.2, 0.25) is 0 Å². The SMILES string of the molecule is Cc1ccc2c(c1)CN(Cc1ccsc1)[C@H](CN(C)C)CO2. The van der Waals surface area contributed by atoms with E-state index in [4.69, 9.17) is 4.74 Å². The summed E-state index contributed by atoms with van der Waals surface area (Å²) in [5, 5.41) is 4.40. The Hall–Kier alpha value is -1.36. The van der Waals surface area contributed by atoms with E-state index in [0.717, 1.165) is 32.0 Å². The van der Waals surface area contributed by atoms with E-state index in [1.165, 1.54) is 16.7 Å². The average Bonchev–Trinajstić information content (AvgIpc) is 2.91. The molecule has 3 rings (SSSR count). The summed E-state index contributed by atoms with van der Waals surface area (Å²) in [4.78, 5) is 4.79. The summed E-state index contributed by atoms with van der Waals surface area (Å²) in [5.41, 5.74) is 3.99. The van der Waals surface area contributed by atoms with Crippen LogP contribution in [0.25, 0.3) is 0 Å². The van der Waals surface area contributed by atoms with Gasteiger partial charge in [0.25, 0.3) is 0 Å². The van der Waals surface area contributed by atoms with Crippen molar-refractivity contribution in [1.29, 1.82) is 0 Å². The lowest BCUT2D eigenvalue weighted by Crippen LogP contribution is -2.43. The second-order valence-electron chi connectivity index (χ2n) is 6.37. The molecule has 1 aromatic carbocycles. The van der Waals surface area contributed by atoms with Gasteiger partial charge >= 0.3 is 0 Å². The molecule has 0 aliphatic carbocycles. The predicted octanol–water partition coefficient (Wildman–Crippen LogP) is 3.38. The van der Waals surface area contributed by atoms with Crippen LogP contribution in [-0.4, -0.2) is 43.1 Å². The van der Waals surface area contributed by atoms with Gasteiger partial charge in [0, 0.05) is 25.2 Å². The Morgan fingerprint density at radius 2 is 2.18 bits per heavy atom. The maximum atomic E-state index is 6.10. The molecule has 1 aliphatic rings. The molecule has 0 radical (unpaired) electrons. The molecule has 0 amide bonds. The van der Waals surface area contributed by atoms with E-state index < -0.39 is 0 Å². The summed E-state index contributed by atoms with van der Waals surface area (Å²) in [6.07, 6.45) is 0. The lowest BCUT2D eigenvalue weighted by molar-refractivity contribution is 0.113. The van der Waals surface area contributed by atoms with Gasteiger partial charge in [0.15, 0.2) is 0 Å². The number of ether oxygens (including phenoxy) is 1. The van der Waals surface area contributed by atoms with Crippen molar-refractivity contribution < 1.29 is 4.74 Å². The zero-order valence-corrected chi connectivity index (χ0v) is 14.4. The van der Waals surface area contributed by atoms with Crippen LogP contribution in [0, 0.1) is 6.92 Å². The van der Waals surface area contributed by atoms with E-state index in [2.05, 4.69) is 65.8 Å². The average molecular weight is 316 g/mol. The number of thiophene rings is 1. The second kappa shape index (κ2) is 6.82. The van der Waals surface area contributed by atoms with Crippen molar-refractivity contribution in [3.63, 3.8) is 0 Å². The monoisotopic (exact) mass is 316 g/mol. The summed E-state index contributed by atoms with van der Waals surface area (Å²) in [6.45, 7) is 5.84. The van der Waals surface area contributed by atoms with Crippen LogP contribution in [0.1, 0.15) is 16.7 Å². The summed E-state index contributed by atoms with van der Waals surface area (Å²) in [7, 11) is 4.26. The van der Waals surface area contributed by atoms with E-state index in [9.17, 15) is 0 Å². The molecule has 1 aliphatic heterocycles. The normalized spacial score (nSPS) is 18.8. The summed E-state index contributed by atoms with van der Waals surface area (Å²) in [5.74, 6) is 1.04. The van der Waals surface area contributed by atoms with Crippen molar-refractivity contribution in [2.45, 2.75) is 26.1 Å². The number of hydrogen-bond donors (Lipinski definition) is 0. The standard InChI is InChI=1S/C18H24N2OS/c1-14-4-5-18-16(8-14)10-20(9-15-6-7-22-13-15)17(12-21-18)11-19(2)3/h4-8,13,17H,9-12H2,1-3H3/t17-/m1/s1. The van der Waals surface area contributed by atoms with E-state index >= 15 is 0 Å². The molecule has 0 fully saturated rings. The first-order valence-electron chi connectivity index (χ1n) is 7.74. The van der Waals surface area contributed by atoms with Crippen LogP contribution in [0.2, 0.25) is 0 Å². The van der Waals surface area contributed by atoms with Crippen molar-refractivity contribution >= 4 is 11.3 Å². The lowest BCUT2D eigenvalue weighted by Gasteiger charge is -2.30. The summed E-state index contributed by atoms with van der Waals surface area (Å²) < 4.78 is 6.10. The van der Waals surface area contributed by atoms with Gasteiger partial charge < -0.3 is 9.64 Å².